The summed E-state index contributed by atoms with van der Waals surface area (Å²) in [6.45, 7) is 0. The van der Waals surface area contributed by atoms with Gasteiger partial charge in [-0.3, -0.25) is 4.79 Å². The maximum Gasteiger partial charge on any atom is 0.189 e. The van der Waals surface area contributed by atoms with E-state index in [1.165, 1.54) is 24.3 Å². The minimum atomic E-state index is -0.328. The second kappa shape index (κ2) is 6.77. The number of phenolic OH excluding ortho intramolecular Hbond substituents is 1. The van der Waals surface area contributed by atoms with E-state index in [9.17, 15) is 9.90 Å². The van der Waals surface area contributed by atoms with Gasteiger partial charge in [0.15, 0.2) is 5.78 Å². The molecule has 106 valence electrons. The normalized spacial score (nSPS) is 11.8. The first-order valence-corrected chi connectivity index (χ1v) is 6.60. The molecule has 2 N–H and O–H groups in total. The fourth-order valence-electron chi connectivity index (χ4n) is 1.67. The Morgan fingerprint density at radius 3 is 2.48 bits per heavy atom. The Morgan fingerprint density at radius 2 is 1.81 bits per heavy atom. The van der Waals surface area contributed by atoms with E-state index in [1.54, 1.807) is 36.4 Å². The summed E-state index contributed by atoms with van der Waals surface area (Å²) in [5.41, 5.74) is 1.20. The van der Waals surface area contributed by atoms with Gasteiger partial charge < -0.3 is 10.2 Å². The van der Waals surface area contributed by atoms with Crippen LogP contribution in [0.4, 0.5) is 0 Å². The van der Waals surface area contributed by atoms with Gasteiger partial charge in [0.25, 0.3) is 0 Å². The van der Waals surface area contributed by atoms with Gasteiger partial charge in [-0.25, -0.2) is 0 Å². The van der Waals surface area contributed by atoms with Crippen molar-refractivity contribution in [3.8, 4) is 5.75 Å². The fraction of sp³-hybridized carbons (Fsp3) is 0. The number of phenols is 1. The molecule has 0 bridgehead atoms. The van der Waals surface area contributed by atoms with Gasteiger partial charge in [-0.15, -0.1) is 0 Å². The molecule has 0 amide bonds. The highest BCUT2D eigenvalue weighted by Crippen LogP contribution is 2.13. The van der Waals surface area contributed by atoms with E-state index in [0.717, 1.165) is 11.6 Å². The van der Waals surface area contributed by atoms with Gasteiger partial charge in [-0.05, 0) is 35.9 Å². The van der Waals surface area contributed by atoms with Crippen molar-refractivity contribution in [2.24, 2.45) is 0 Å². The van der Waals surface area contributed by atoms with Gasteiger partial charge in [-0.1, -0.05) is 41.9 Å². The Kier molecular flexibility index (Phi) is 4.80. The zero-order valence-electron chi connectivity index (χ0n) is 11.0. The lowest BCUT2D eigenvalue weighted by Crippen LogP contribution is -1.95. The van der Waals surface area contributed by atoms with Crippen LogP contribution in [0.2, 0.25) is 5.02 Å². The topological polar surface area (TPSA) is 57.5 Å². The first-order valence-electron chi connectivity index (χ1n) is 6.22. The zero-order chi connectivity index (χ0) is 15.2. The van der Waals surface area contributed by atoms with E-state index in [1.807, 2.05) is 0 Å². The standard InChI is InChI=1S/C17H13ClO3/c18-14-3-1-2-13(10-14)17(21)11-16(20)9-6-12-4-7-15(19)8-5-12/h1-11,19-20H/b9-6+,16-11-. The molecule has 0 fully saturated rings. The van der Waals surface area contributed by atoms with E-state index in [4.69, 9.17) is 16.7 Å². The lowest BCUT2D eigenvalue weighted by Gasteiger charge is -1.97. The molecule has 0 unspecified atom stereocenters. The number of carbonyl (C=O) groups excluding carboxylic acids is 1. The van der Waals surface area contributed by atoms with Gasteiger partial charge in [0.2, 0.25) is 0 Å². The van der Waals surface area contributed by atoms with E-state index in [2.05, 4.69) is 0 Å². The van der Waals surface area contributed by atoms with Crippen LogP contribution < -0.4 is 0 Å². The number of rotatable bonds is 4. The smallest absolute Gasteiger partial charge is 0.189 e. The molecule has 3 nitrogen and oxygen atoms in total. The Bertz CT molecular complexity index is 700. The molecule has 2 rings (SSSR count). The number of hydrogen-bond acceptors (Lipinski definition) is 3. The minimum absolute atomic E-state index is 0.159. The van der Waals surface area contributed by atoms with Gasteiger partial charge in [0.1, 0.15) is 11.5 Å². The first-order chi connectivity index (χ1) is 10.0. The molecule has 0 radical (unpaired) electrons. The number of aliphatic hydroxyl groups excluding tert-OH is 1. The molecule has 0 spiro atoms. The number of hydrogen-bond donors (Lipinski definition) is 2. The minimum Gasteiger partial charge on any atom is -0.508 e. The number of halogens is 1. The number of allylic oxidation sites excluding steroid dienone is 2. The van der Waals surface area contributed by atoms with Crippen LogP contribution in [-0.2, 0) is 0 Å². The molecule has 0 saturated heterocycles. The van der Waals surface area contributed by atoms with Gasteiger partial charge in [-0.2, -0.15) is 0 Å². The van der Waals surface area contributed by atoms with Gasteiger partial charge >= 0.3 is 0 Å². The summed E-state index contributed by atoms with van der Waals surface area (Å²) in [5.74, 6) is -0.318. The third-order valence-electron chi connectivity index (χ3n) is 2.73. The highest BCUT2D eigenvalue weighted by atomic mass is 35.5. The van der Waals surface area contributed by atoms with Crippen molar-refractivity contribution in [2.75, 3.05) is 0 Å². The number of aromatic hydroxyl groups is 1. The predicted octanol–water partition coefficient (Wildman–Crippen LogP) is 4.38. The molecule has 4 heteroatoms. The summed E-state index contributed by atoms with van der Waals surface area (Å²) in [6.07, 6.45) is 4.17. The Morgan fingerprint density at radius 1 is 1.10 bits per heavy atom. The molecule has 21 heavy (non-hydrogen) atoms. The highest BCUT2D eigenvalue weighted by Gasteiger charge is 2.03. The average molecular weight is 301 g/mol. The molecule has 2 aromatic rings. The lowest BCUT2D eigenvalue weighted by atomic mass is 10.1. The van der Waals surface area contributed by atoms with Crippen LogP contribution in [0.3, 0.4) is 0 Å². The second-order valence-corrected chi connectivity index (χ2v) is 4.81. The quantitative estimate of drug-likeness (QED) is 0.381. The van der Waals surface area contributed by atoms with E-state index >= 15 is 0 Å². The van der Waals surface area contributed by atoms with Crippen molar-refractivity contribution in [1.29, 1.82) is 0 Å². The van der Waals surface area contributed by atoms with Crippen molar-refractivity contribution in [3.05, 3.63) is 82.6 Å². The van der Waals surface area contributed by atoms with Crippen LogP contribution in [0.1, 0.15) is 15.9 Å². The molecular weight excluding hydrogens is 288 g/mol. The predicted molar refractivity (Wildman–Crippen MR) is 83.6 cm³/mol. The lowest BCUT2D eigenvalue weighted by molar-refractivity contribution is 0.104. The molecule has 0 aromatic heterocycles. The summed E-state index contributed by atoms with van der Waals surface area (Å²) in [5, 5.41) is 19.4. The summed E-state index contributed by atoms with van der Waals surface area (Å²) < 4.78 is 0. The maximum atomic E-state index is 11.9. The molecule has 0 aliphatic heterocycles. The van der Waals surface area contributed by atoms with Gasteiger partial charge in [0, 0.05) is 16.7 Å². The zero-order valence-corrected chi connectivity index (χ0v) is 11.8. The van der Waals surface area contributed by atoms with Crippen molar-refractivity contribution in [3.63, 3.8) is 0 Å². The van der Waals surface area contributed by atoms with Crippen molar-refractivity contribution >= 4 is 23.5 Å². The van der Waals surface area contributed by atoms with E-state index in [0.29, 0.717) is 10.6 Å². The number of aliphatic hydroxyl groups is 1. The molecule has 0 atom stereocenters. The van der Waals surface area contributed by atoms with Crippen LogP contribution in [0.5, 0.6) is 5.75 Å². The summed E-state index contributed by atoms with van der Waals surface area (Å²) >= 11 is 5.81. The van der Waals surface area contributed by atoms with Crippen LogP contribution in [-0.4, -0.2) is 16.0 Å². The first kappa shape index (κ1) is 14.9. The molecule has 2 aromatic carbocycles. The largest absolute Gasteiger partial charge is 0.508 e. The fourth-order valence-corrected chi connectivity index (χ4v) is 1.86. The SMILES string of the molecule is O=C(/C=C(O)/C=C/c1ccc(O)cc1)c1cccc(Cl)c1. The monoisotopic (exact) mass is 300 g/mol. The summed E-state index contributed by atoms with van der Waals surface area (Å²) in [7, 11) is 0. The number of benzene rings is 2. The molecule has 0 aliphatic carbocycles. The average Bonchev–Trinajstić information content (AvgIpc) is 2.46. The van der Waals surface area contributed by atoms with Crippen LogP contribution in [0.25, 0.3) is 6.08 Å². The second-order valence-electron chi connectivity index (χ2n) is 4.37. The van der Waals surface area contributed by atoms with E-state index < -0.39 is 0 Å². The molecule has 0 heterocycles. The Balaban J connectivity index is 2.10. The van der Waals surface area contributed by atoms with E-state index in [-0.39, 0.29) is 17.3 Å². The molecular formula is C17H13ClO3. The van der Waals surface area contributed by atoms with Crippen molar-refractivity contribution in [1.82, 2.24) is 0 Å². The van der Waals surface area contributed by atoms with Crippen LogP contribution in [0, 0.1) is 0 Å². The van der Waals surface area contributed by atoms with Gasteiger partial charge in [0.05, 0.1) is 0 Å². The molecule has 0 saturated carbocycles. The third kappa shape index (κ3) is 4.51. The molecule has 0 aliphatic rings. The van der Waals surface area contributed by atoms with Crippen molar-refractivity contribution in [2.45, 2.75) is 0 Å². The summed E-state index contributed by atoms with van der Waals surface area (Å²) in [6, 6.07) is 13.0. The highest BCUT2D eigenvalue weighted by molar-refractivity contribution is 6.31. The number of carbonyl (C=O) groups is 1. The maximum absolute atomic E-state index is 11.9. The van der Waals surface area contributed by atoms with Crippen LogP contribution >= 0.6 is 11.6 Å². The van der Waals surface area contributed by atoms with Crippen LogP contribution in [0.15, 0.2) is 66.4 Å². The summed E-state index contributed by atoms with van der Waals surface area (Å²) in [4.78, 5) is 11.9. The van der Waals surface area contributed by atoms with Crippen molar-refractivity contribution < 1.29 is 15.0 Å². The Hall–Kier alpha value is -2.52. The number of ketones is 1. The third-order valence-corrected chi connectivity index (χ3v) is 2.96. The Labute approximate surface area is 127 Å².